The Hall–Kier alpha value is -1.03. The highest BCUT2D eigenvalue weighted by atomic mass is 79.9. The molecule has 4 heteroatoms. The summed E-state index contributed by atoms with van der Waals surface area (Å²) in [5, 5.41) is 3.74. The number of halogens is 2. The quantitative estimate of drug-likeness (QED) is 0.774. The van der Waals surface area contributed by atoms with Crippen LogP contribution in [0.4, 0.5) is 5.69 Å². The number of nitrogens with two attached hydrogens (primary N) is 1. The fourth-order valence-corrected chi connectivity index (χ4v) is 3.26. The minimum Gasteiger partial charge on any atom is -0.399 e. The highest BCUT2D eigenvalue weighted by Gasteiger charge is 2.38. The Morgan fingerprint density at radius 1 is 1.10 bits per heavy atom. The van der Waals surface area contributed by atoms with E-state index in [0.29, 0.717) is 0 Å². The molecule has 1 aliphatic rings. The van der Waals surface area contributed by atoms with Gasteiger partial charge in [0, 0.05) is 22.2 Å². The molecule has 2 nitrogen and oxygen atoms in total. The molecular formula is C17H20BrClN2. The van der Waals surface area contributed by atoms with Crippen molar-refractivity contribution in [1.82, 2.24) is 5.32 Å². The number of nitrogen functional groups attached to an aromatic ring is 1. The van der Waals surface area contributed by atoms with E-state index in [-0.39, 0.29) is 17.9 Å². The van der Waals surface area contributed by atoms with Gasteiger partial charge in [-0.05, 0) is 54.7 Å². The number of hydrogen-bond acceptors (Lipinski definition) is 2. The van der Waals surface area contributed by atoms with E-state index in [9.17, 15) is 0 Å². The molecule has 112 valence electrons. The first kappa shape index (κ1) is 16.3. The molecule has 0 heterocycles. The lowest BCUT2D eigenvalue weighted by Crippen LogP contribution is -2.47. The summed E-state index contributed by atoms with van der Waals surface area (Å²) in [7, 11) is 0. The largest absolute Gasteiger partial charge is 0.399 e. The van der Waals surface area contributed by atoms with E-state index in [1.54, 1.807) is 0 Å². The van der Waals surface area contributed by atoms with Crippen molar-refractivity contribution >= 4 is 34.0 Å². The van der Waals surface area contributed by atoms with E-state index in [1.165, 1.54) is 30.4 Å². The van der Waals surface area contributed by atoms with Gasteiger partial charge in [-0.3, -0.25) is 0 Å². The van der Waals surface area contributed by atoms with Crippen LogP contribution in [-0.4, -0.2) is 0 Å². The average Bonchev–Trinajstić information content (AvgIpc) is 2.38. The lowest BCUT2D eigenvalue weighted by Gasteiger charge is -2.43. The minimum atomic E-state index is 0. The van der Waals surface area contributed by atoms with Crippen LogP contribution < -0.4 is 11.1 Å². The van der Waals surface area contributed by atoms with Crippen LogP contribution in [0.1, 0.15) is 30.4 Å². The molecule has 2 aromatic carbocycles. The zero-order chi connectivity index (χ0) is 14.0. The van der Waals surface area contributed by atoms with E-state index in [1.807, 2.05) is 18.2 Å². The zero-order valence-corrected chi connectivity index (χ0v) is 14.2. The zero-order valence-electron chi connectivity index (χ0n) is 11.8. The first-order valence-electron chi connectivity index (χ1n) is 7.03. The van der Waals surface area contributed by atoms with Gasteiger partial charge in [0.05, 0.1) is 0 Å². The topological polar surface area (TPSA) is 38.0 Å². The van der Waals surface area contributed by atoms with Gasteiger partial charge < -0.3 is 11.1 Å². The third-order valence-electron chi connectivity index (χ3n) is 4.17. The summed E-state index contributed by atoms with van der Waals surface area (Å²) in [5.74, 6) is 0. The molecule has 0 bridgehead atoms. The van der Waals surface area contributed by atoms with Gasteiger partial charge in [0.15, 0.2) is 0 Å². The Morgan fingerprint density at radius 2 is 1.86 bits per heavy atom. The normalized spacial score (nSPS) is 15.9. The molecule has 0 amide bonds. The summed E-state index contributed by atoms with van der Waals surface area (Å²) >= 11 is 3.57. The Kier molecular flexibility index (Phi) is 5.31. The van der Waals surface area contributed by atoms with Crippen LogP contribution in [0.2, 0.25) is 0 Å². The van der Waals surface area contributed by atoms with Crippen molar-refractivity contribution in [2.24, 2.45) is 0 Å². The van der Waals surface area contributed by atoms with Gasteiger partial charge in [-0.25, -0.2) is 0 Å². The van der Waals surface area contributed by atoms with Crippen molar-refractivity contribution in [3.05, 3.63) is 64.1 Å². The van der Waals surface area contributed by atoms with Crippen molar-refractivity contribution in [2.45, 2.75) is 31.3 Å². The van der Waals surface area contributed by atoms with Crippen LogP contribution in [0.15, 0.2) is 53.0 Å². The molecule has 3 N–H and O–H groups in total. The highest BCUT2D eigenvalue weighted by molar-refractivity contribution is 9.10. The van der Waals surface area contributed by atoms with Crippen LogP contribution in [0.5, 0.6) is 0 Å². The van der Waals surface area contributed by atoms with E-state index in [4.69, 9.17) is 5.73 Å². The molecule has 0 radical (unpaired) electrons. The SMILES string of the molecule is Cl.Nc1cccc(CNC2(c3cccc(Br)c3)CCC2)c1. The molecule has 1 aliphatic carbocycles. The molecule has 2 aromatic rings. The van der Waals surface area contributed by atoms with Crippen molar-refractivity contribution in [3.8, 4) is 0 Å². The summed E-state index contributed by atoms with van der Waals surface area (Å²) in [6.07, 6.45) is 3.69. The fraction of sp³-hybridized carbons (Fsp3) is 0.294. The number of nitrogens with one attached hydrogen (secondary N) is 1. The number of rotatable bonds is 4. The minimum absolute atomic E-state index is 0. The second kappa shape index (κ2) is 6.82. The first-order chi connectivity index (χ1) is 9.68. The molecule has 0 atom stereocenters. The first-order valence-corrected chi connectivity index (χ1v) is 7.83. The lowest BCUT2D eigenvalue weighted by molar-refractivity contribution is 0.183. The van der Waals surface area contributed by atoms with E-state index < -0.39 is 0 Å². The fourth-order valence-electron chi connectivity index (χ4n) is 2.86. The van der Waals surface area contributed by atoms with Crippen LogP contribution >= 0.6 is 28.3 Å². The van der Waals surface area contributed by atoms with Gasteiger partial charge in [-0.15, -0.1) is 12.4 Å². The summed E-state index contributed by atoms with van der Waals surface area (Å²) < 4.78 is 1.15. The standard InChI is InChI=1S/C17H19BrN2.ClH/c18-15-6-2-5-14(11-15)17(8-3-9-17)20-12-13-4-1-7-16(19)10-13;/h1-2,4-7,10-11,20H,3,8-9,12,19H2;1H. The number of anilines is 1. The maximum atomic E-state index is 5.84. The Balaban J connectivity index is 0.00000161. The Bertz CT molecular complexity index is 611. The number of hydrogen-bond donors (Lipinski definition) is 2. The van der Waals surface area contributed by atoms with Gasteiger partial charge in [-0.1, -0.05) is 40.2 Å². The van der Waals surface area contributed by atoms with Gasteiger partial charge in [0.1, 0.15) is 0 Å². The molecular weight excluding hydrogens is 348 g/mol. The summed E-state index contributed by atoms with van der Waals surface area (Å²) in [6, 6.07) is 16.7. The van der Waals surface area contributed by atoms with Gasteiger partial charge in [-0.2, -0.15) is 0 Å². The van der Waals surface area contributed by atoms with Crippen molar-refractivity contribution in [3.63, 3.8) is 0 Å². The molecule has 1 fully saturated rings. The average molecular weight is 368 g/mol. The van der Waals surface area contributed by atoms with Gasteiger partial charge in [0.2, 0.25) is 0 Å². The number of benzene rings is 2. The van der Waals surface area contributed by atoms with Crippen molar-refractivity contribution in [1.29, 1.82) is 0 Å². The van der Waals surface area contributed by atoms with E-state index in [2.05, 4.69) is 51.6 Å². The molecule has 21 heavy (non-hydrogen) atoms. The molecule has 0 saturated heterocycles. The van der Waals surface area contributed by atoms with Crippen molar-refractivity contribution < 1.29 is 0 Å². The smallest absolute Gasteiger partial charge is 0.0437 e. The molecule has 0 aromatic heterocycles. The molecule has 3 rings (SSSR count). The van der Waals surface area contributed by atoms with E-state index in [0.717, 1.165) is 16.7 Å². The predicted octanol–water partition coefficient (Wildman–Crippen LogP) is 4.62. The van der Waals surface area contributed by atoms with Gasteiger partial charge >= 0.3 is 0 Å². The second-order valence-corrected chi connectivity index (χ2v) is 6.46. The lowest BCUT2D eigenvalue weighted by atomic mass is 9.71. The Labute approximate surface area is 140 Å². The second-order valence-electron chi connectivity index (χ2n) is 5.54. The predicted molar refractivity (Wildman–Crippen MR) is 94.6 cm³/mol. The molecule has 0 unspecified atom stereocenters. The third-order valence-corrected chi connectivity index (χ3v) is 4.66. The maximum Gasteiger partial charge on any atom is 0.0437 e. The van der Waals surface area contributed by atoms with Crippen LogP contribution in [0, 0.1) is 0 Å². The van der Waals surface area contributed by atoms with Crippen LogP contribution in [0.25, 0.3) is 0 Å². The molecule has 0 spiro atoms. The summed E-state index contributed by atoms with van der Waals surface area (Å²) in [6.45, 7) is 0.859. The summed E-state index contributed by atoms with van der Waals surface area (Å²) in [5.41, 5.74) is 9.42. The molecule has 1 saturated carbocycles. The maximum absolute atomic E-state index is 5.84. The third kappa shape index (κ3) is 3.60. The molecule has 0 aliphatic heterocycles. The monoisotopic (exact) mass is 366 g/mol. The van der Waals surface area contributed by atoms with Crippen LogP contribution in [0.3, 0.4) is 0 Å². The van der Waals surface area contributed by atoms with Crippen LogP contribution in [-0.2, 0) is 12.1 Å². The van der Waals surface area contributed by atoms with E-state index >= 15 is 0 Å². The summed E-state index contributed by atoms with van der Waals surface area (Å²) in [4.78, 5) is 0. The highest BCUT2D eigenvalue weighted by Crippen LogP contribution is 2.42. The van der Waals surface area contributed by atoms with Crippen molar-refractivity contribution in [2.75, 3.05) is 5.73 Å². The van der Waals surface area contributed by atoms with Gasteiger partial charge in [0.25, 0.3) is 0 Å². The Morgan fingerprint density at radius 3 is 2.48 bits per heavy atom.